The van der Waals surface area contributed by atoms with Crippen LogP contribution in [0.4, 0.5) is 0 Å². The van der Waals surface area contributed by atoms with E-state index in [4.69, 9.17) is 8.83 Å². The maximum atomic E-state index is 6.00. The van der Waals surface area contributed by atoms with Crippen LogP contribution in [0.3, 0.4) is 0 Å². The number of aryl methyl sites for hydroxylation is 1. The Kier molecular flexibility index (Phi) is 3.36. The molecule has 0 unspecified atom stereocenters. The zero-order valence-electron chi connectivity index (χ0n) is 12.1. The van der Waals surface area contributed by atoms with Gasteiger partial charge in [0.15, 0.2) is 0 Å². The number of benzene rings is 1. The van der Waals surface area contributed by atoms with E-state index in [-0.39, 0.29) is 0 Å². The molecule has 3 aromatic rings. The Morgan fingerprint density at radius 3 is 2.80 bits per heavy atom. The van der Waals surface area contributed by atoms with Gasteiger partial charge in [-0.2, -0.15) is 0 Å². The lowest BCUT2D eigenvalue weighted by Gasteiger charge is -2.06. The Balaban J connectivity index is 1.99. The van der Waals surface area contributed by atoms with Crippen LogP contribution in [0.2, 0.25) is 0 Å². The van der Waals surface area contributed by atoms with E-state index >= 15 is 0 Å². The molecule has 2 aromatic heterocycles. The molecule has 0 amide bonds. The predicted molar refractivity (Wildman–Crippen MR) is 80.6 cm³/mol. The zero-order valence-corrected chi connectivity index (χ0v) is 12.1. The summed E-state index contributed by atoms with van der Waals surface area (Å²) in [7, 11) is 0. The van der Waals surface area contributed by atoms with Gasteiger partial charge in [-0.3, -0.25) is 0 Å². The van der Waals surface area contributed by atoms with Gasteiger partial charge < -0.3 is 14.2 Å². The average Bonchev–Trinajstić information content (AvgIpc) is 3.02. The fraction of sp³-hybridized carbons (Fsp3) is 0.294. The van der Waals surface area contributed by atoms with Crippen LogP contribution in [0.1, 0.15) is 25.2 Å². The quantitative estimate of drug-likeness (QED) is 0.758. The molecule has 0 fully saturated rings. The van der Waals surface area contributed by atoms with Gasteiger partial charge in [0.25, 0.3) is 0 Å². The van der Waals surface area contributed by atoms with Gasteiger partial charge in [-0.05, 0) is 24.6 Å². The molecular weight excluding hydrogens is 250 g/mol. The van der Waals surface area contributed by atoms with Gasteiger partial charge in [-0.25, -0.2) is 0 Å². The van der Waals surface area contributed by atoms with Crippen LogP contribution in [-0.2, 0) is 6.54 Å². The van der Waals surface area contributed by atoms with Crippen molar-refractivity contribution in [2.24, 2.45) is 0 Å². The van der Waals surface area contributed by atoms with E-state index in [9.17, 15) is 0 Å². The fourth-order valence-electron chi connectivity index (χ4n) is 2.34. The van der Waals surface area contributed by atoms with Crippen molar-refractivity contribution in [2.45, 2.75) is 33.4 Å². The third-order valence-electron chi connectivity index (χ3n) is 3.42. The Morgan fingerprint density at radius 2 is 2.05 bits per heavy atom. The summed E-state index contributed by atoms with van der Waals surface area (Å²) < 4.78 is 11.6. The van der Waals surface area contributed by atoms with Gasteiger partial charge in [-0.15, -0.1) is 0 Å². The molecule has 0 aliphatic rings. The highest BCUT2D eigenvalue weighted by Crippen LogP contribution is 2.32. The van der Waals surface area contributed by atoms with Gasteiger partial charge in [0.05, 0.1) is 18.4 Å². The Labute approximate surface area is 118 Å². The Morgan fingerprint density at radius 1 is 1.20 bits per heavy atom. The first-order valence-electron chi connectivity index (χ1n) is 6.94. The summed E-state index contributed by atoms with van der Waals surface area (Å²) in [6.07, 6.45) is 1.71. The number of rotatable bonds is 4. The van der Waals surface area contributed by atoms with E-state index in [0.717, 1.165) is 33.6 Å². The summed E-state index contributed by atoms with van der Waals surface area (Å²) in [5.74, 6) is 1.78. The SMILES string of the molecule is Cc1cccc2cc(-c3ccoc3CNC(C)C)oc12. The van der Waals surface area contributed by atoms with Gasteiger partial charge in [0.1, 0.15) is 17.1 Å². The average molecular weight is 269 g/mol. The summed E-state index contributed by atoms with van der Waals surface area (Å²) in [5, 5.41) is 4.50. The first-order valence-corrected chi connectivity index (χ1v) is 6.94. The molecule has 0 saturated carbocycles. The third-order valence-corrected chi connectivity index (χ3v) is 3.42. The lowest BCUT2D eigenvalue weighted by molar-refractivity contribution is 0.464. The minimum atomic E-state index is 0.422. The maximum Gasteiger partial charge on any atom is 0.138 e. The summed E-state index contributed by atoms with van der Waals surface area (Å²) >= 11 is 0. The molecule has 0 spiro atoms. The van der Waals surface area contributed by atoms with Crippen molar-refractivity contribution in [3.8, 4) is 11.3 Å². The first kappa shape index (κ1) is 13.0. The lowest BCUT2D eigenvalue weighted by Crippen LogP contribution is -2.21. The molecule has 0 atom stereocenters. The highest BCUT2D eigenvalue weighted by atomic mass is 16.3. The second kappa shape index (κ2) is 5.17. The number of hydrogen-bond acceptors (Lipinski definition) is 3. The van der Waals surface area contributed by atoms with Gasteiger partial charge >= 0.3 is 0 Å². The van der Waals surface area contributed by atoms with E-state index in [2.05, 4.69) is 44.3 Å². The molecule has 1 N–H and O–H groups in total. The molecule has 0 bridgehead atoms. The van der Waals surface area contributed by atoms with Crippen molar-refractivity contribution in [3.63, 3.8) is 0 Å². The topological polar surface area (TPSA) is 38.3 Å². The van der Waals surface area contributed by atoms with Crippen LogP contribution < -0.4 is 5.32 Å². The van der Waals surface area contributed by atoms with E-state index in [1.54, 1.807) is 6.26 Å². The van der Waals surface area contributed by atoms with Crippen molar-refractivity contribution in [2.75, 3.05) is 0 Å². The van der Waals surface area contributed by atoms with Crippen molar-refractivity contribution in [1.82, 2.24) is 5.32 Å². The first-order chi connectivity index (χ1) is 9.65. The normalized spacial score (nSPS) is 11.6. The lowest BCUT2D eigenvalue weighted by atomic mass is 10.1. The minimum absolute atomic E-state index is 0.422. The van der Waals surface area contributed by atoms with Gasteiger partial charge in [-0.1, -0.05) is 32.0 Å². The van der Waals surface area contributed by atoms with E-state index in [1.165, 1.54) is 0 Å². The van der Waals surface area contributed by atoms with Crippen LogP contribution in [0.25, 0.3) is 22.3 Å². The van der Waals surface area contributed by atoms with Crippen LogP contribution in [0.15, 0.2) is 45.4 Å². The monoisotopic (exact) mass is 269 g/mol. The van der Waals surface area contributed by atoms with E-state index in [1.807, 2.05) is 12.1 Å². The fourth-order valence-corrected chi connectivity index (χ4v) is 2.34. The van der Waals surface area contributed by atoms with Crippen molar-refractivity contribution >= 4 is 11.0 Å². The molecule has 20 heavy (non-hydrogen) atoms. The molecule has 0 aliphatic carbocycles. The van der Waals surface area contributed by atoms with Gasteiger partial charge in [0, 0.05) is 11.4 Å². The Hall–Kier alpha value is -2.00. The number of para-hydroxylation sites is 1. The highest BCUT2D eigenvalue weighted by molar-refractivity contribution is 5.85. The summed E-state index contributed by atoms with van der Waals surface area (Å²) in [5.41, 5.74) is 3.12. The van der Waals surface area contributed by atoms with Crippen molar-refractivity contribution < 1.29 is 8.83 Å². The zero-order chi connectivity index (χ0) is 14.1. The number of nitrogens with one attached hydrogen (secondary N) is 1. The smallest absolute Gasteiger partial charge is 0.138 e. The van der Waals surface area contributed by atoms with Crippen LogP contribution in [-0.4, -0.2) is 6.04 Å². The number of hydrogen-bond donors (Lipinski definition) is 1. The van der Waals surface area contributed by atoms with E-state index in [0.29, 0.717) is 12.6 Å². The minimum Gasteiger partial charge on any atom is -0.467 e. The molecule has 0 aliphatic heterocycles. The standard InChI is InChI=1S/C17H19NO2/c1-11(2)18-10-16-14(7-8-19-16)15-9-13-6-4-5-12(3)17(13)20-15/h4-9,11,18H,10H2,1-3H3. The molecule has 1 aromatic carbocycles. The van der Waals surface area contributed by atoms with Crippen LogP contribution in [0, 0.1) is 6.92 Å². The van der Waals surface area contributed by atoms with Crippen LogP contribution >= 0.6 is 0 Å². The second-order valence-electron chi connectivity index (χ2n) is 5.40. The predicted octanol–water partition coefficient (Wildman–Crippen LogP) is 4.50. The molecule has 0 radical (unpaired) electrons. The Bertz CT molecular complexity index is 722. The molecule has 104 valence electrons. The molecule has 3 rings (SSSR count). The number of fused-ring (bicyclic) bond motifs is 1. The van der Waals surface area contributed by atoms with E-state index < -0.39 is 0 Å². The molecule has 0 saturated heterocycles. The summed E-state index contributed by atoms with van der Waals surface area (Å²) in [4.78, 5) is 0. The summed E-state index contributed by atoms with van der Waals surface area (Å²) in [6, 6.07) is 10.6. The largest absolute Gasteiger partial charge is 0.467 e. The summed E-state index contributed by atoms with van der Waals surface area (Å²) in [6.45, 7) is 7.00. The van der Waals surface area contributed by atoms with Crippen molar-refractivity contribution in [1.29, 1.82) is 0 Å². The van der Waals surface area contributed by atoms with Crippen LogP contribution in [0.5, 0.6) is 0 Å². The third kappa shape index (κ3) is 2.37. The molecule has 3 nitrogen and oxygen atoms in total. The van der Waals surface area contributed by atoms with Gasteiger partial charge in [0.2, 0.25) is 0 Å². The molecular formula is C17H19NO2. The van der Waals surface area contributed by atoms with Crippen molar-refractivity contribution in [3.05, 3.63) is 47.9 Å². The highest BCUT2D eigenvalue weighted by Gasteiger charge is 2.14. The molecule has 2 heterocycles. The molecule has 3 heteroatoms. The maximum absolute atomic E-state index is 6.00. The second-order valence-corrected chi connectivity index (χ2v) is 5.40. The number of furan rings is 2.